The van der Waals surface area contributed by atoms with Crippen molar-refractivity contribution in [2.75, 3.05) is 0 Å². The van der Waals surface area contributed by atoms with E-state index in [0.29, 0.717) is 12.8 Å². The molecule has 0 saturated heterocycles. The van der Waals surface area contributed by atoms with Gasteiger partial charge in [-0.2, -0.15) is 0 Å². The first kappa shape index (κ1) is 53.8. The standard InChI is InChI=1S/2C31H29NO4.CH4/c2*33-28(19-24-15-16-25-13-7-8-14-26(25)18-24)21-27(17-22-9-3-1-4-10-22)30(34)32-29(31(35)36)20-23-11-5-2-6-12-23;/h2*1-16,18,27,29H,17,19-21H2,(H,32,34)(H,35,36);1H4/t2*27-,29+;/m10./s1. The molecule has 0 bridgehead atoms. The summed E-state index contributed by atoms with van der Waals surface area (Å²) in [6, 6.07) is 63.0. The van der Waals surface area contributed by atoms with Crippen LogP contribution in [-0.4, -0.2) is 57.6 Å². The van der Waals surface area contributed by atoms with Crippen molar-refractivity contribution in [1.82, 2.24) is 10.6 Å². The van der Waals surface area contributed by atoms with Crippen molar-refractivity contribution in [3.05, 3.63) is 240 Å². The van der Waals surface area contributed by atoms with Gasteiger partial charge in [-0.3, -0.25) is 19.2 Å². The predicted octanol–water partition coefficient (Wildman–Crippen LogP) is 10.7. The van der Waals surface area contributed by atoms with Gasteiger partial charge in [-0.25, -0.2) is 9.59 Å². The lowest BCUT2D eigenvalue weighted by Gasteiger charge is -2.20. The molecule has 0 aliphatic heterocycles. The van der Waals surface area contributed by atoms with Crippen molar-refractivity contribution in [3.63, 3.8) is 0 Å². The second-order valence-corrected chi connectivity index (χ2v) is 18.2. The maximum Gasteiger partial charge on any atom is 0.326 e. The number of Topliss-reactive ketones (excluding diaryl/α,β-unsaturated/α-hetero) is 2. The normalized spacial score (nSPS) is 12.4. The minimum Gasteiger partial charge on any atom is -0.480 e. The Morgan fingerprint density at radius 3 is 0.945 bits per heavy atom. The van der Waals surface area contributed by atoms with Gasteiger partial charge in [-0.05, 0) is 67.8 Å². The number of carboxylic acid groups (broad SMARTS) is 2. The molecule has 372 valence electrons. The van der Waals surface area contributed by atoms with Gasteiger partial charge in [-0.15, -0.1) is 0 Å². The quantitative estimate of drug-likeness (QED) is 0.0521. The van der Waals surface area contributed by atoms with Crippen LogP contribution in [0.25, 0.3) is 21.5 Å². The van der Waals surface area contributed by atoms with Crippen LogP contribution in [0.2, 0.25) is 0 Å². The molecule has 0 fully saturated rings. The smallest absolute Gasteiger partial charge is 0.326 e. The molecular weight excluding hydrogens is 913 g/mol. The van der Waals surface area contributed by atoms with Crippen LogP contribution in [-0.2, 0) is 67.3 Å². The average molecular weight is 975 g/mol. The number of carbonyl (C=O) groups excluding carboxylic acids is 4. The fourth-order valence-corrected chi connectivity index (χ4v) is 8.84. The third-order valence-corrected chi connectivity index (χ3v) is 12.6. The van der Waals surface area contributed by atoms with Crippen LogP contribution in [0.5, 0.6) is 0 Å². The Labute approximate surface area is 427 Å². The van der Waals surface area contributed by atoms with Gasteiger partial charge in [0.2, 0.25) is 11.8 Å². The Hall–Kier alpha value is -8.50. The summed E-state index contributed by atoms with van der Waals surface area (Å²) in [6.45, 7) is 0. The van der Waals surface area contributed by atoms with E-state index in [1.54, 1.807) is 0 Å². The zero-order chi connectivity index (χ0) is 50.7. The molecule has 0 radical (unpaired) electrons. The molecule has 8 aromatic carbocycles. The van der Waals surface area contributed by atoms with E-state index in [4.69, 9.17) is 0 Å². The number of aliphatic carboxylic acids is 2. The van der Waals surface area contributed by atoms with Gasteiger partial charge in [0.1, 0.15) is 23.7 Å². The van der Waals surface area contributed by atoms with E-state index in [1.165, 1.54) is 0 Å². The molecule has 73 heavy (non-hydrogen) atoms. The topological polar surface area (TPSA) is 167 Å². The summed E-state index contributed by atoms with van der Waals surface area (Å²) in [6.07, 6.45) is 1.56. The maximum absolute atomic E-state index is 13.3. The van der Waals surface area contributed by atoms with Gasteiger partial charge in [0, 0.05) is 50.4 Å². The monoisotopic (exact) mass is 974 g/mol. The van der Waals surface area contributed by atoms with Crippen LogP contribution >= 0.6 is 0 Å². The Morgan fingerprint density at radius 1 is 0.342 bits per heavy atom. The number of carbonyl (C=O) groups is 6. The van der Waals surface area contributed by atoms with E-state index in [2.05, 4.69) is 10.6 Å². The molecular formula is C63H62N2O8. The first-order valence-electron chi connectivity index (χ1n) is 24.2. The molecule has 8 aromatic rings. The Morgan fingerprint density at radius 2 is 0.630 bits per heavy atom. The highest BCUT2D eigenvalue weighted by atomic mass is 16.4. The third kappa shape index (κ3) is 16.8. The number of nitrogens with one attached hydrogen (secondary N) is 2. The van der Waals surface area contributed by atoms with Gasteiger partial charge in [-0.1, -0.05) is 214 Å². The van der Waals surface area contributed by atoms with Gasteiger partial charge in [0.15, 0.2) is 0 Å². The third-order valence-electron chi connectivity index (χ3n) is 12.6. The highest BCUT2D eigenvalue weighted by Gasteiger charge is 2.29. The second-order valence-electron chi connectivity index (χ2n) is 18.2. The first-order chi connectivity index (χ1) is 34.9. The summed E-state index contributed by atoms with van der Waals surface area (Å²) in [4.78, 5) is 76.5. The van der Waals surface area contributed by atoms with Crippen molar-refractivity contribution in [2.24, 2.45) is 11.8 Å². The second kappa shape index (κ2) is 27.2. The molecule has 0 unspecified atom stereocenters. The largest absolute Gasteiger partial charge is 0.480 e. The van der Waals surface area contributed by atoms with Crippen molar-refractivity contribution in [3.8, 4) is 0 Å². The molecule has 4 atom stereocenters. The predicted molar refractivity (Wildman–Crippen MR) is 288 cm³/mol. The van der Waals surface area contributed by atoms with Crippen molar-refractivity contribution in [1.29, 1.82) is 0 Å². The van der Waals surface area contributed by atoms with E-state index in [-0.39, 0.29) is 57.5 Å². The summed E-state index contributed by atoms with van der Waals surface area (Å²) in [7, 11) is 0. The van der Waals surface area contributed by atoms with E-state index >= 15 is 0 Å². The van der Waals surface area contributed by atoms with Crippen molar-refractivity contribution < 1.29 is 39.0 Å². The van der Waals surface area contributed by atoms with Crippen LogP contribution < -0.4 is 10.6 Å². The van der Waals surface area contributed by atoms with E-state index in [9.17, 15) is 39.0 Å². The molecule has 0 aliphatic rings. The number of carboxylic acids is 2. The lowest BCUT2D eigenvalue weighted by molar-refractivity contribution is -0.143. The van der Waals surface area contributed by atoms with Gasteiger partial charge < -0.3 is 20.8 Å². The van der Waals surface area contributed by atoms with E-state index in [0.717, 1.165) is 54.9 Å². The highest BCUT2D eigenvalue weighted by molar-refractivity contribution is 5.93. The molecule has 0 saturated carbocycles. The summed E-state index contributed by atoms with van der Waals surface area (Å²) in [5, 5.41) is 29.2. The molecule has 0 spiro atoms. The molecule has 10 heteroatoms. The molecule has 2 amide bonds. The maximum atomic E-state index is 13.3. The zero-order valence-corrected chi connectivity index (χ0v) is 39.9. The van der Waals surface area contributed by atoms with Gasteiger partial charge in [0.05, 0.1) is 0 Å². The fraction of sp³-hybridized carbons (Fsp3) is 0.206. The van der Waals surface area contributed by atoms with Crippen molar-refractivity contribution in [2.45, 2.75) is 70.9 Å². The molecule has 4 N–H and O–H groups in total. The zero-order valence-electron chi connectivity index (χ0n) is 39.9. The number of hydrogen-bond acceptors (Lipinski definition) is 6. The van der Waals surface area contributed by atoms with Crippen LogP contribution in [0.4, 0.5) is 0 Å². The van der Waals surface area contributed by atoms with Crippen LogP contribution in [0, 0.1) is 11.8 Å². The van der Waals surface area contributed by atoms with Crippen LogP contribution in [0.1, 0.15) is 53.6 Å². The molecule has 0 aliphatic carbocycles. The first-order valence-corrected chi connectivity index (χ1v) is 24.2. The summed E-state index contributed by atoms with van der Waals surface area (Å²) < 4.78 is 0. The minimum atomic E-state index is -1.10. The molecule has 10 nitrogen and oxygen atoms in total. The molecule has 8 rings (SSSR count). The van der Waals surface area contributed by atoms with E-state index < -0.39 is 47.7 Å². The summed E-state index contributed by atoms with van der Waals surface area (Å²) in [5.41, 5.74) is 5.27. The Balaban J connectivity index is 0.000000235. The van der Waals surface area contributed by atoms with Crippen LogP contribution in [0.15, 0.2) is 206 Å². The number of rotatable bonds is 22. The number of amides is 2. The minimum absolute atomic E-state index is 0. The fourth-order valence-electron chi connectivity index (χ4n) is 8.84. The Bertz CT molecular complexity index is 2880. The number of benzene rings is 8. The lowest BCUT2D eigenvalue weighted by Crippen LogP contribution is -2.45. The van der Waals surface area contributed by atoms with Crippen LogP contribution in [0.3, 0.4) is 0 Å². The number of fused-ring (bicyclic) bond motifs is 2. The van der Waals surface area contributed by atoms with Gasteiger partial charge in [0.25, 0.3) is 0 Å². The van der Waals surface area contributed by atoms with Crippen molar-refractivity contribution >= 4 is 56.9 Å². The van der Waals surface area contributed by atoms with Gasteiger partial charge >= 0.3 is 11.9 Å². The molecule has 0 aromatic heterocycles. The number of ketones is 2. The SMILES string of the molecule is C.O=C(Cc1ccc2ccccc2c1)C[C@@H](Cc1ccccc1)C(=O)N[C@@H](Cc1ccccc1)C(=O)O.O=C(Cc1ccc2ccccc2c1)C[C@H](Cc1ccccc1)C(=O)N[C@H](Cc1ccccc1)C(=O)O. The van der Waals surface area contributed by atoms with E-state index in [1.807, 2.05) is 206 Å². The Kier molecular flexibility index (Phi) is 20.1. The lowest BCUT2D eigenvalue weighted by atomic mass is 9.90. The molecule has 0 heterocycles. The number of hydrogen-bond donors (Lipinski definition) is 4. The summed E-state index contributed by atoms with van der Waals surface area (Å²) in [5.74, 6) is -4.51. The average Bonchev–Trinajstić information content (AvgIpc) is 3.39. The summed E-state index contributed by atoms with van der Waals surface area (Å²) >= 11 is 0. The highest BCUT2D eigenvalue weighted by Crippen LogP contribution is 2.22.